The third-order valence-corrected chi connectivity index (χ3v) is 4.70. The summed E-state index contributed by atoms with van der Waals surface area (Å²) < 4.78 is 13.8. The van der Waals surface area contributed by atoms with Gasteiger partial charge in [-0.05, 0) is 24.1 Å². The van der Waals surface area contributed by atoms with Crippen LogP contribution in [-0.4, -0.2) is 46.0 Å². The SMILES string of the molecule is CCC(C(=O)N[C@@H](CC(=O)O)C(=O)CF)n1cccc(NC(=O)Cc2ccccc2)c1=O. The summed E-state index contributed by atoms with van der Waals surface area (Å²) in [5.74, 6) is -3.69. The number of aromatic nitrogens is 1. The molecule has 0 saturated carbocycles. The number of hydrogen-bond acceptors (Lipinski definition) is 5. The quantitative estimate of drug-likeness (QED) is 0.480. The molecule has 1 aromatic carbocycles. The summed E-state index contributed by atoms with van der Waals surface area (Å²) in [6, 6.07) is 9.14. The van der Waals surface area contributed by atoms with Crippen molar-refractivity contribution in [2.24, 2.45) is 0 Å². The molecule has 0 saturated heterocycles. The van der Waals surface area contributed by atoms with Gasteiger partial charge in [-0.1, -0.05) is 37.3 Å². The van der Waals surface area contributed by atoms with E-state index in [2.05, 4.69) is 10.6 Å². The van der Waals surface area contributed by atoms with Crippen molar-refractivity contribution in [3.05, 3.63) is 64.6 Å². The molecular formula is C22H24FN3O6. The van der Waals surface area contributed by atoms with Gasteiger partial charge in [-0.3, -0.25) is 24.0 Å². The maximum atomic E-state index is 12.9. The molecule has 0 aliphatic rings. The summed E-state index contributed by atoms with van der Waals surface area (Å²) in [7, 11) is 0. The molecule has 2 atom stereocenters. The Morgan fingerprint density at radius 2 is 1.78 bits per heavy atom. The second kappa shape index (κ2) is 11.5. The number of anilines is 1. The third-order valence-electron chi connectivity index (χ3n) is 4.70. The number of alkyl halides is 1. The Bertz CT molecular complexity index is 1040. The second-order valence-corrected chi connectivity index (χ2v) is 7.03. The molecule has 0 aliphatic heterocycles. The molecule has 1 heterocycles. The first-order chi connectivity index (χ1) is 15.3. The molecule has 0 bridgehead atoms. The molecule has 10 heteroatoms. The lowest BCUT2D eigenvalue weighted by atomic mass is 10.1. The molecule has 0 spiro atoms. The Kier molecular flexibility index (Phi) is 8.82. The Labute approximate surface area is 183 Å². The lowest BCUT2D eigenvalue weighted by Gasteiger charge is -2.22. The number of benzene rings is 1. The van der Waals surface area contributed by atoms with Crippen LogP contribution < -0.4 is 16.2 Å². The summed E-state index contributed by atoms with van der Waals surface area (Å²) in [4.78, 5) is 60.4. The van der Waals surface area contributed by atoms with E-state index < -0.39 is 54.3 Å². The Balaban J connectivity index is 2.20. The van der Waals surface area contributed by atoms with E-state index in [0.29, 0.717) is 0 Å². The first-order valence-electron chi connectivity index (χ1n) is 9.92. The van der Waals surface area contributed by atoms with Gasteiger partial charge in [-0.15, -0.1) is 0 Å². The molecule has 0 aliphatic carbocycles. The van der Waals surface area contributed by atoms with Gasteiger partial charge in [0.25, 0.3) is 5.56 Å². The predicted molar refractivity (Wildman–Crippen MR) is 114 cm³/mol. The minimum Gasteiger partial charge on any atom is -0.481 e. The highest BCUT2D eigenvalue weighted by Gasteiger charge is 2.28. The van der Waals surface area contributed by atoms with Crippen LogP contribution in [-0.2, 0) is 25.6 Å². The van der Waals surface area contributed by atoms with Crippen LogP contribution in [0.3, 0.4) is 0 Å². The summed E-state index contributed by atoms with van der Waals surface area (Å²) in [6.45, 7) is 0.179. The number of halogens is 1. The molecule has 2 amide bonds. The van der Waals surface area contributed by atoms with Gasteiger partial charge >= 0.3 is 5.97 Å². The number of aliphatic carboxylic acids is 1. The number of ketones is 1. The molecule has 1 unspecified atom stereocenters. The van der Waals surface area contributed by atoms with E-state index in [-0.39, 0.29) is 18.5 Å². The van der Waals surface area contributed by atoms with Crippen molar-refractivity contribution in [1.82, 2.24) is 9.88 Å². The normalized spacial score (nSPS) is 12.4. The highest BCUT2D eigenvalue weighted by Crippen LogP contribution is 2.12. The van der Waals surface area contributed by atoms with Gasteiger partial charge in [0.2, 0.25) is 11.8 Å². The fourth-order valence-electron chi connectivity index (χ4n) is 3.12. The number of carbonyl (C=O) groups excluding carboxylic acids is 3. The lowest BCUT2D eigenvalue weighted by molar-refractivity contribution is -0.140. The molecule has 3 N–H and O–H groups in total. The van der Waals surface area contributed by atoms with E-state index in [1.807, 2.05) is 6.07 Å². The smallest absolute Gasteiger partial charge is 0.305 e. The summed E-state index contributed by atoms with van der Waals surface area (Å²) in [5, 5.41) is 13.6. The van der Waals surface area contributed by atoms with E-state index in [1.54, 1.807) is 31.2 Å². The average Bonchev–Trinajstić information content (AvgIpc) is 2.76. The van der Waals surface area contributed by atoms with Gasteiger partial charge in [0.15, 0.2) is 5.78 Å². The molecule has 32 heavy (non-hydrogen) atoms. The van der Waals surface area contributed by atoms with E-state index >= 15 is 0 Å². The van der Waals surface area contributed by atoms with Crippen molar-refractivity contribution in [1.29, 1.82) is 0 Å². The van der Waals surface area contributed by atoms with Crippen molar-refractivity contribution >= 4 is 29.3 Å². The fourth-order valence-corrected chi connectivity index (χ4v) is 3.12. The summed E-state index contributed by atoms with van der Waals surface area (Å²) >= 11 is 0. The standard InChI is InChI=1S/C22H24FN3O6/c1-2-17(21(31)25-16(12-20(29)30)18(27)13-23)26-10-6-9-15(22(26)32)24-19(28)11-14-7-4-3-5-8-14/h3-10,16-17H,2,11-13H2,1H3,(H,24,28)(H,25,31)(H,29,30)/t16-,17?/m0/s1. The topological polar surface area (TPSA) is 135 Å². The number of pyridine rings is 1. The number of amides is 2. The Hall–Kier alpha value is -3.82. The summed E-state index contributed by atoms with van der Waals surface area (Å²) in [6.07, 6.45) is 0.730. The molecule has 2 rings (SSSR count). The molecule has 9 nitrogen and oxygen atoms in total. The molecule has 0 radical (unpaired) electrons. The number of rotatable bonds is 11. The zero-order valence-corrected chi connectivity index (χ0v) is 17.4. The monoisotopic (exact) mass is 445 g/mol. The van der Waals surface area contributed by atoms with Gasteiger partial charge in [0.1, 0.15) is 24.4 Å². The third kappa shape index (κ3) is 6.59. The van der Waals surface area contributed by atoms with Crippen LogP contribution in [0.5, 0.6) is 0 Å². The zero-order valence-electron chi connectivity index (χ0n) is 17.4. The minimum atomic E-state index is -1.55. The van der Waals surface area contributed by atoms with Crippen LogP contribution in [0.1, 0.15) is 31.4 Å². The highest BCUT2D eigenvalue weighted by atomic mass is 19.1. The summed E-state index contributed by atoms with van der Waals surface area (Å²) in [5.41, 5.74) is 0.0678. The molecule has 170 valence electrons. The number of carboxylic acid groups (broad SMARTS) is 1. The number of nitrogens with zero attached hydrogens (tertiary/aromatic N) is 1. The van der Waals surface area contributed by atoms with Crippen molar-refractivity contribution in [3.8, 4) is 0 Å². The number of nitrogens with one attached hydrogen (secondary N) is 2. The molecule has 0 fully saturated rings. The molecule has 2 aromatic rings. The lowest BCUT2D eigenvalue weighted by Crippen LogP contribution is -2.47. The van der Waals surface area contributed by atoms with E-state index in [4.69, 9.17) is 5.11 Å². The number of carboxylic acids is 1. The predicted octanol–water partition coefficient (Wildman–Crippen LogP) is 1.48. The van der Waals surface area contributed by atoms with E-state index in [1.165, 1.54) is 18.3 Å². The van der Waals surface area contributed by atoms with Crippen molar-refractivity contribution in [2.45, 2.75) is 38.3 Å². The van der Waals surface area contributed by atoms with Gasteiger partial charge in [-0.25, -0.2) is 4.39 Å². The average molecular weight is 445 g/mol. The van der Waals surface area contributed by atoms with Gasteiger partial charge in [-0.2, -0.15) is 0 Å². The molecular weight excluding hydrogens is 421 g/mol. The Morgan fingerprint density at radius 1 is 1.09 bits per heavy atom. The van der Waals surface area contributed by atoms with Crippen molar-refractivity contribution in [2.75, 3.05) is 12.0 Å². The van der Waals surface area contributed by atoms with Crippen LogP contribution in [0.2, 0.25) is 0 Å². The first kappa shape index (κ1) is 24.4. The first-order valence-corrected chi connectivity index (χ1v) is 9.92. The van der Waals surface area contributed by atoms with Crippen LogP contribution >= 0.6 is 0 Å². The van der Waals surface area contributed by atoms with Crippen LogP contribution in [0.15, 0.2) is 53.5 Å². The number of carbonyl (C=O) groups is 4. The second-order valence-electron chi connectivity index (χ2n) is 7.03. The van der Waals surface area contributed by atoms with Gasteiger partial charge < -0.3 is 20.3 Å². The molecule has 1 aromatic heterocycles. The van der Waals surface area contributed by atoms with Gasteiger partial charge in [0.05, 0.1) is 12.8 Å². The van der Waals surface area contributed by atoms with Crippen molar-refractivity contribution < 1.29 is 28.7 Å². The fraction of sp³-hybridized carbons (Fsp3) is 0.318. The Morgan fingerprint density at radius 3 is 2.38 bits per heavy atom. The van der Waals surface area contributed by atoms with E-state index in [9.17, 15) is 28.4 Å². The number of hydrogen-bond donors (Lipinski definition) is 3. The maximum absolute atomic E-state index is 12.9. The largest absolute Gasteiger partial charge is 0.481 e. The van der Waals surface area contributed by atoms with Crippen molar-refractivity contribution in [3.63, 3.8) is 0 Å². The maximum Gasteiger partial charge on any atom is 0.305 e. The van der Waals surface area contributed by atoms with Crippen LogP contribution in [0.4, 0.5) is 10.1 Å². The van der Waals surface area contributed by atoms with Crippen LogP contribution in [0.25, 0.3) is 0 Å². The van der Waals surface area contributed by atoms with E-state index in [0.717, 1.165) is 10.1 Å². The minimum absolute atomic E-state index is 0.0402. The zero-order chi connectivity index (χ0) is 23.7. The van der Waals surface area contributed by atoms with Gasteiger partial charge in [0, 0.05) is 6.20 Å². The number of Topliss-reactive ketones (excluding diaryl/α,β-unsaturated/α-hetero) is 1. The van der Waals surface area contributed by atoms with Crippen LogP contribution in [0, 0.1) is 0 Å². The highest BCUT2D eigenvalue weighted by molar-refractivity contribution is 5.94.